The normalized spacial score (nSPS) is 69.4. The van der Waals surface area contributed by atoms with Gasteiger partial charge in [0.1, 0.15) is 11.2 Å². The van der Waals surface area contributed by atoms with Crippen LogP contribution in [0.1, 0.15) is 25.7 Å². The van der Waals surface area contributed by atoms with Gasteiger partial charge in [-0.25, -0.2) is 0 Å². The summed E-state index contributed by atoms with van der Waals surface area (Å²) in [6, 6.07) is 0. The molecule has 8 nitrogen and oxygen atoms in total. The van der Waals surface area contributed by atoms with E-state index in [0.717, 1.165) is 0 Å². The molecule has 0 radical (unpaired) electrons. The zero-order valence-electron chi connectivity index (χ0n) is 16.6. The fourth-order valence-electron chi connectivity index (χ4n) is 12.1. The quantitative estimate of drug-likeness (QED) is 0.453. The van der Waals surface area contributed by atoms with E-state index in [4.69, 9.17) is 18.9 Å². The minimum atomic E-state index is -1.20. The SMILES string of the molecule is COC(=O)[C@]12[C@H]3[C@H]4[C@H]5[C@@H]1[C@@]16CCC(=O)[C@]1(O6)[C@@H]5[C@@]2(C(=O)OC)[C@@H]4[C@]12CCC(=O)[C@]31O2. The zero-order chi connectivity index (χ0) is 20.4. The van der Waals surface area contributed by atoms with Crippen LogP contribution in [0.4, 0.5) is 0 Å². The Hall–Kier alpha value is -1.80. The van der Waals surface area contributed by atoms with Gasteiger partial charge in [0.05, 0.1) is 25.0 Å². The van der Waals surface area contributed by atoms with Crippen molar-refractivity contribution in [2.75, 3.05) is 14.2 Å². The molecule has 0 unspecified atom stereocenters. The molecule has 8 saturated carbocycles. The Morgan fingerprint density at radius 1 is 0.767 bits per heavy atom. The summed E-state index contributed by atoms with van der Waals surface area (Å²) >= 11 is 0. The van der Waals surface area contributed by atoms with Crippen LogP contribution in [0.25, 0.3) is 0 Å². The Labute approximate surface area is 170 Å². The molecule has 0 amide bonds. The van der Waals surface area contributed by atoms with Crippen LogP contribution in [0.15, 0.2) is 0 Å². The summed E-state index contributed by atoms with van der Waals surface area (Å²) < 4.78 is 23.4. The maximum absolute atomic E-state index is 13.8. The van der Waals surface area contributed by atoms with Crippen LogP contribution in [0, 0.1) is 46.3 Å². The molecule has 0 N–H and O–H groups in total. The maximum Gasteiger partial charge on any atom is 0.313 e. The topological polar surface area (TPSA) is 112 Å². The molecule has 10 fully saturated rings. The summed E-state index contributed by atoms with van der Waals surface area (Å²) in [5.41, 5.74) is -5.69. The van der Waals surface area contributed by atoms with E-state index in [1.165, 1.54) is 14.2 Å². The Kier molecular flexibility index (Phi) is 1.90. The molecule has 12 atom stereocenters. The molecule has 2 saturated heterocycles. The minimum Gasteiger partial charge on any atom is -0.469 e. The van der Waals surface area contributed by atoms with Crippen molar-refractivity contribution >= 4 is 23.5 Å². The van der Waals surface area contributed by atoms with Crippen molar-refractivity contribution in [3.05, 3.63) is 0 Å². The number of ether oxygens (including phenoxy) is 4. The van der Waals surface area contributed by atoms with Gasteiger partial charge in [0.25, 0.3) is 0 Å². The highest BCUT2D eigenvalue weighted by atomic mass is 16.7. The van der Waals surface area contributed by atoms with Gasteiger partial charge in [-0.3, -0.25) is 19.2 Å². The van der Waals surface area contributed by atoms with Crippen molar-refractivity contribution in [1.29, 1.82) is 0 Å². The lowest BCUT2D eigenvalue weighted by Gasteiger charge is -2.53. The molecule has 8 bridgehead atoms. The molecule has 10 aliphatic rings. The van der Waals surface area contributed by atoms with Crippen molar-refractivity contribution in [2.45, 2.75) is 48.1 Å². The number of Topliss-reactive ketones (excluding diaryl/α,β-unsaturated/α-hetero) is 2. The highest BCUT2D eigenvalue weighted by Gasteiger charge is 3.16. The van der Waals surface area contributed by atoms with Gasteiger partial charge in [-0.05, 0) is 24.7 Å². The maximum atomic E-state index is 13.8. The molecule has 2 heterocycles. The first-order valence-corrected chi connectivity index (χ1v) is 11.0. The van der Waals surface area contributed by atoms with Gasteiger partial charge < -0.3 is 18.9 Å². The third kappa shape index (κ3) is 0.835. The van der Waals surface area contributed by atoms with Crippen molar-refractivity contribution in [1.82, 2.24) is 0 Å². The lowest BCUT2D eigenvalue weighted by atomic mass is 9.43. The number of carbonyl (C=O) groups is 4. The van der Waals surface area contributed by atoms with Gasteiger partial charge in [-0.1, -0.05) is 0 Å². The molecular formula is C22H20O8. The molecule has 8 aliphatic carbocycles. The third-order valence-corrected chi connectivity index (χ3v) is 11.7. The van der Waals surface area contributed by atoms with Crippen LogP contribution in [0.2, 0.25) is 0 Å². The van der Waals surface area contributed by atoms with Gasteiger partial charge >= 0.3 is 11.9 Å². The fourth-order valence-corrected chi connectivity index (χ4v) is 12.1. The largest absolute Gasteiger partial charge is 0.469 e. The van der Waals surface area contributed by atoms with Crippen molar-refractivity contribution in [2.24, 2.45) is 46.3 Å². The Morgan fingerprint density at radius 3 is 1.53 bits per heavy atom. The Bertz CT molecular complexity index is 1030. The zero-order valence-corrected chi connectivity index (χ0v) is 16.6. The average Bonchev–Trinajstić information content (AvgIpc) is 3.06. The second-order valence-electron chi connectivity index (χ2n) is 11.1. The smallest absolute Gasteiger partial charge is 0.313 e. The van der Waals surface area contributed by atoms with E-state index in [0.29, 0.717) is 25.7 Å². The summed E-state index contributed by atoms with van der Waals surface area (Å²) in [4.78, 5) is 53.8. The molecular weight excluding hydrogens is 392 g/mol. The van der Waals surface area contributed by atoms with Crippen LogP contribution in [0.3, 0.4) is 0 Å². The molecule has 156 valence electrons. The van der Waals surface area contributed by atoms with Gasteiger partial charge in [0, 0.05) is 36.5 Å². The van der Waals surface area contributed by atoms with Crippen LogP contribution in [-0.4, -0.2) is 60.1 Å². The number of epoxide rings is 2. The van der Waals surface area contributed by atoms with E-state index in [1.54, 1.807) is 0 Å². The monoisotopic (exact) mass is 412 g/mol. The first-order valence-electron chi connectivity index (χ1n) is 11.0. The average molecular weight is 412 g/mol. The standard InChI is InChI=1S/C22H20O8/c1-27-15(25)19-11-9-10-12(18-6-4-7(23)21(18,30-18)13(10)19)20(19,16(26)28-2)14(9)22-8(24)3-5-17(11,22)29-22/h9-14H,3-6H2,1-2H3/t9-,10-,11-,12+,13-,14+,17+,18-,19+,20+,21-,22-/m0/s1. The second kappa shape index (κ2) is 3.58. The third-order valence-electron chi connectivity index (χ3n) is 11.7. The summed E-state index contributed by atoms with van der Waals surface area (Å²) in [5, 5.41) is 0. The van der Waals surface area contributed by atoms with Crippen molar-refractivity contribution in [3.8, 4) is 0 Å². The number of esters is 2. The Balaban J connectivity index is 1.43. The van der Waals surface area contributed by atoms with Crippen molar-refractivity contribution < 1.29 is 38.1 Å². The molecule has 0 aromatic rings. The second-order valence-corrected chi connectivity index (χ2v) is 11.1. The predicted octanol–water partition coefficient (Wildman–Crippen LogP) is -0.188. The molecule has 0 aromatic carbocycles. The van der Waals surface area contributed by atoms with Gasteiger partial charge in [-0.2, -0.15) is 0 Å². The Morgan fingerprint density at radius 2 is 1.17 bits per heavy atom. The van der Waals surface area contributed by atoms with E-state index >= 15 is 0 Å². The van der Waals surface area contributed by atoms with Crippen molar-refractivity contribution in [3.63, 3.8) is 0 Å². The lowest BCUT2D eigenvalue weighted by molar-refractivity contribution is -0.197. The first kappa shape index (κ1) is 15.9. The van der Waals surface area contributed by atoms with E-state index in [1.807, 2.05) is 0 Å². The van der Waals surface area contributed by atoms with Crippen LogP contribution >= 0.6 is 0 Å². The summed E-state index contributed by atoms with van der Waals surface area (Å²) in [7, 11) is 2.69. The van der Waals surface area contributed by atoms with Crippen LogP contribution in [-0.2, 0) is 38.1 Å². The highest BCUT2D eigenvalue weighted by molar-refractivity contribution is 6.07. The van der Waals surface area contributed by atoms with E-state index in [2.05, 4.69) is 0 Å². The number of rotatable bonds is 2. The molecule has 10 rings (SSSR count). The predicted molar refractivity (Wildman–Crippen MR) is 91.4 cm³/mol. The lowest BCUT2D eigenvalue weighted by Crippen LogP contribution is -2.69. The summed E-state index contributed by atoms with van der Waals surface area (Å²) in [5.74, 6) is -2.09. The summed E-state index contributed by atoms with van der Waals surface area (Å²) in [6.07, 6.45) is 1.99. The molecule has 0 aromatic heterocycles. The van der Waals surface area contributed by atoms with E-state index < -0.39 is 45.2 Å². The van der Waals surface area contributed by atoms with E-state index in [-0.39, 0.29) is 47.1 Å². The van der Waals surface area contributed by atoms with Gasteiger partial charge in [-0.15, -0.1) is 0 Å². The summed E-state index contributed by atoms with van der Waals surface area (Å²) in [6.45, 7) is 0. The molecule has 8 heteroatoms. The number of carbonyl (C=O) groups excluding carboxylic acids is 4. The number of hydrogen-bond acceptors (Lipinski definition) is 8. The van der Waals surface area contributed by atoms with Crippen LogP contribution in [0.5, 0.6) is 0 Å². The number of ketones is 2. The van der Waals surface area contributed by atoms with E-state index in [9.17, 15) is 19.2 Å². The van der Waals surface area contributed by atoms with Gasteiger partial charge in [0.2, 0.25) is 0 Å². The number of methoxy groups -OCH3 is 2. The molecule has 30 heavy (non-hydrogen) atoms. The van der Waals surface area contributed by atoms with Gasteiger partial charge in [0.15, 0.2) is 22.8 Å². The molecule has 0 spiro atoms. The first-order chi connectivity index (χ1) is 14.4. The fraction of sp³-hybridized carbons (Fsp3) is 0.818. The number of hydrogen-bond donors (Lipinski definition) is 0. The minimum absolute atomic E-state index is 0.00671. The van der Waals surface area contributed by atoms with Crippen LogP contribution < -0.4 is 0 Å². The molecule has 2 aliphatic heterocycles. The highest BCUT2D eigenvalue weighted by Crippen LogP contribution is 3.05.